The van der Waals surface area contributed by atoms with Gasteiger partial charge in [0.15, 0.2) is 0 Å². The summed E-state index contributed by atoms with van der Waals surface area (Å²) in [6.07, 6.45) is 1.43. The molecule has 2 N–H and O–H groups in total. The van der Waals surface area contributed by atoms with Crippen LogP contribution in [0.3, 0.4) is 0 Å². The van der Waals surface area contributed by atoms with Crippen molar-refractivity contribution in [2.75, 3.05) is 50.4 Å². The molecule has 0 aliphatic carbocycles. The molecule has 0 bridgehead atoms. The second-order valence-electron chi connectivity index (χ2n) is 9.85. The van der Waals surface area contributed by atoms with Gasteiger partial charge in [0.05, 0.1) is 0 Å². The maximum atomic E-state index is 13.6. The Morgan fingerprint density at radius 1 is 1.14 bits per heavy atom. The quantitative estimate of drug-likeness (QED) is 0.483. The molecule has 1 aromatic carbocycles. The number of carbonyl (C=O) groups is 1. The highest BCUT2D eigenvalue weighted by atomic mass is 19.4. The number of piperidine rings is 2. The summed E-state index contributed by atoms with van der Waals surface area (Å²) in [6, 6.07) is 6.17. The van der Waals surface area contributed by atoms with E-state index in [9.17, 15) is 18.0 Å². The molecule has 2 saturated heterocycles. The van der Waals surface area contributed by atoms with Crippen LogP contribution in [0.4, 0.5) is 30.6 Å². The summed E-state index contributed by atoms with van der Waals surface area (Å²) in [5.41, 5.74) is 2.14. The minimum atomic E-state index is -4.57. The van der Waals surface area contributed by atoms with E-state index in [1.807, 2.05) is 13.0 Å². The molecule has 10 heteroatoms. The summed E-state index contributed by atoms with van der Waals surface area (Å²) in [6.45, 7) is 5.64. The van der Waals surface area contributed by atoms with Crippen LogP contribution in [0.15, 0.2) is 24.4 Å². The number of amides is 1. The molecule has 4 rings (SSSR count). The van der Waals surface area contributed by atoms with Gasteiger partial charge in [-0.1, -0.05) is 12.1 Å². The number of benzene rings is 1. The summed E-state index contributed by atoms with van der Waals surface area (Å²) in [7, 11) is 2.14. The van der Waals surface area contributed by atoms with E-state index >= 15 is 0 Å². The van der Waals surface area contributed by atoms with Crippen molar-refractivity contribution >= 4 is 23.4 Å². The lowest BCUT2D eigenvalue weighted by atomic mass is 9.88. The van der Waals surface area contributed by atoms with Gasteiger partial charge in [-0.15, -0.1) is 0 Å². The van der Waals surface area contributed by atoms with Crippen LogP contribution in [-0.2, 0) is 11.0 Å². The lowest BCUT2D eigenvalue weighted by Crippen LogP contribution is -2.36. The monoisotopic (exact) mass is 504 g/mol. The SMILES string of the molecule is Cc1cc(C2CCN(C)CC2)ccc1Nc1ncc(C(F)(F)F)c(NCCCN2CCCCC2=O)n1. The average molecular weight is 505 g/mol. The standard InChI is InChI=1S/C26H35F3N6O/c1-18-16-20(19-9-14-34(2)15-10-19)7-8-22(18)32-25-31-17-21(26(27,28)29)24(33-25)30-11-5-13-35-12-4-3-6-23(35)36/h7-8,16-17,19H,3-6,9-15H2,1-2H3,(H2,30,31,32,33). The summed E-state index contributed by atoms with van der Waals surface area (Å²) in [5, 5.41) is 5.90. The van der Waals surface area contributed by atoms with Gasteiger partial charge in [0.2, 0.25) is 11.9 Å². The minimum absolute atomic E-state index is 0.104. The van der Waals surface area contributed by atoms with Crippen LogP contribution in [0, 0.1) is 6.92 Å². The topological polar surface area (TPSA) is 73.4 Å². The van der Waals surface area contributed by atoms with Gasteiger partial charge in [0.25, 0.3) is 0 Å². The Balaban J connectivity index is 1.42. The first-order valence-electron chi connectivity index (χ1n) is 12.7. The van der Waals surface area contributed by atoms with Crippen molar-refractivity contribution in [1.29, 1.82) is 0 Å². The lowest BCUT2D eigenvalue weighted by molar-refractivity contribution is -0.137. The summed E-state index contributed by atoms with van der Waals surface area (Å²) in [4.78, 5) is 24.1. The number of halogens is 3. The van der Waals surface area contributed by atoms with Crippen LogP contribution in [0.1, 0.15) is 61.1 Å². The van der Waals surface area contributed by atoms with Crippen molar-refractivity contribution in [3.05, 3.63) is 41.1 Å². The smallest absolute Gasteiger partial charge is 0.369 e. The largest absolute Gasteiger partial charge is 0.421 e. The molecule has 2 fully saturated rings. The number of anilines is 3. The van der Waals surface area contributed by atoms with E-state index in [-0.39, 0.29) is 24.2 Å². The average Bonchev–Trinajstić information content (AvgIpc) is 2.84. The zero-order chi connectivity index (χ0) is 25.7. The molecule has 1 aromatic heterocycles. The third-order valence-electron chi connectivity index (χ3n) is 7.10. The fourth-order valence-corrected chi connectivity index (χ4v) is 4.90. The number of rotatable bonds is 8. The van der Waals surface area contributed by atoms with E-state index < -0.39 is 11.7 Å². The van der Waals surface area contributed by atoms with Gasteiger partial charge in [0.1, 0.15) is 11.4 Å². The first-order chi connectivity index (χ1) is 17.2. The lowest BCUT2D eigenvalue weighted by Gasteiger charge is -2.29. The van der Waals surface area contributed by atoms with Gasteiger partial charge >= 0.3 is 6.18 Å². The predicted molar refractivity (Wildman–Crippen MR) is 135 cm³/mol. The molecule has 0 unspecified atom stereocenters. The fraction of sp³-hybridized carbons (Fsp3) is 0.577. The van der Waals surface area contributed by atoms with Crippen LogP contribution in [-0.4, -0.2) is 65.4 Å². The maximum Gasteiger partial charge on any atom is 0.421 e. The molecule has 2 aliphatic rings. The third-order valence-corrected chi connectivity index (χ3v) is 7.10. The van der Waals surface area contributed by atoms with Crippen molar-refractivity contribution in [3.63, 3.8) is 0 Å². The third kappa shape index (κ3) is 6.66. The summed E-state index contributed by atoms with van der Waals surface area (Å²) >= 11 is 0. The number of carbonyl (C=O) groups excluding carboxylic acids is 1. The Labute approximate surface area is 210 Å². The van der Waals surface area contributed by atoms with Crippen LogP contribution < -0.4 is 10.6 Å². The van der Waals surface area contributed by atoms with E-state index in [1.165, 1.54) is 5.56 Å². The molecule has 36 heavy (non-hydrogen) atoms. The van der Waals surface area contributed by atoms with Gasteiger partial charge in [-0.3, -0.25) is 4.79 Å². The van der Waals surface area contributed by atoms with Crippen LogP contribution >= 0.6 is 0 Å². The molecule has 0 spiro atoms. The van der Waals surface area contributed by atoms with E-state index in [1.54, 1.807) is 4.90 Å². The molecule has 2 aromatic rings. The molecule has 196 valence electrons. The fourth-order valence-electron chi connectivity index (χ4n) is 4.90. The van der Waals surface area contributed by atoms with Crippen molar-refractivity contribution in [2.24, 2.45) is 0 Å². The maximum absolute atomic E-state index is 13.6. The Morgan fingerprint density at radius 2 is 1.92 bits per heavy atom. The number of aryl methyl sites for hydroxylation is 1. The number of likely N-dealkylation sites (tertiary alicyclic amines) is 2. The normalized spacial score (nSPS) is 17.9. The zero-order valence-electron chi connectivity index (χ0n) is 21.0. The number of nitrogens with one attached hydrogen (secondary N) is 2. The first-order valence-corrected chi connectivity index (χ1v) is 12.7. The molecule has 3 heterocycles. The number of aromatic nitrogens is 2. The summed E-state index contributed by atoms with van der Waals surface area (Å²) < 4.78 is 40.7. The van der Waals surface area contributed by atoms with Gasteiger partial charge in [-0.2, -0.15) is 18.2 Å². The van der Waals surface area contributed by atoms with Gasteiger partial charge in [-0.25, -0.2) is 4.98 Å². The molecule has 0 saturated carbocycles. The number of hydrogen-bond acceptors (Lipinski definition) is 6. The molecule has 7 nitrogen and oxygen atoms in total. The Hall–Kier alpha value is -2.88. The van der Waals surface area contributed by atoms with E-state index in [0.717, 1.165) is 56.2 Å². The van der Waals surface area contributed by atoms with Crippen molar-refractivity contribution in [3.8, 4) is 0 Å². The summed E-state index contributed by atoms with van der Waals surface area (Å²) in [5.74, 6) is 0.479. The second kappa shape index (κ2) is 11.5. The number of nitrogens with zero attached hydrogens (tertiary/aromatic N) is 4. The molecule has 2 aliphatic heterocycles. The van der Waals surface area contributed by atoms with Gasteiger partial charge in [0, 0.05) is 37.9 Å². The highest BCUT2D eigenvalue weighted by Gasteiger charge is 2.35. The molecule has 0 radical (unpaired) electrons. The Morgan fingerprint density at radius 3 is 2.61 bits per heavy atom. The molecule has 0 atom stereocenters. The molecule has 1 amide bonds. The van der Waals surface area contributed by atoms with E-state index in [0.29, 0.717) is 31.8 Å². The first kappa shape index (κ1) is 26.2. The predicted octanol–water partition coefficient (Wildman–Crippen LogP) is 5.17. The molecular formula is C26H35F3N6O. The van der Waals surface area contributed by atoms with E-state index in [2.05, 4.69) is 44.7 Å². The van der Waals surface area contributed by atoms with Crippen LogP contribution in [0.25, 0.3) is 0 Å². The Kier molecular flexibility index (Phi) is 8.33. The minimum Gasteiger partial charge on any atom is -0.369 e. The highest BCUT2D eigenvalue weighted by molar-refractivity contribution is 5.76. The number of alkyl halides is 3. The van der Waals surface area contributed by atoms with Crippen molar-refractivity contribution in [2.45, 2.75) is 57.5 Å². The number of hydrogen-bond donors (Lipinski definition) is 2. The van der Waals surface area contributed by atoms with Crippen molar-refractivity contribution < 1.29 is 18.0 Å². The van der Waals surface area contributed by atoms with Crippen LogP contribution in [0.5, 0.6) is 0 Å². The van der Waals surface area contributed by atoms with Gasteiger partial charge < -0.3 is 20.4 Å². The van der Waals surface area contributed by atoms with Crippen LogP contribution in [0.2, 0.25) is 0 Å². The van der Waals surface area contributed by atoms with Gasteiger partial charge in [-0.05, 0) is 82.3 Å². The highest BCUT2D eigenvalue weighted by Crippen LogP contribution is 2.35. The van der Waals surface area contributed by atoms with Crippen molar-refractivity contribution in [1.82, 2.24) is 19.8 Å². The van der Waals surface area contributed by atoms with E-state index in [4.69, 9.17) is 0 Å². The molecular weight excluding hydrogens is 469 g/mol. The second-order valence-corrected chi connectivity index (χ2v) is 9.85. The Bertz CT molecular complexity index is 1050. The zero-order valence-corrected chi connectivity index (χ0v) is 21.0.